The van der Waals surface area contributed by atoms with E-state index in [-0.39, 0.29) is 5.91 Å². The van der Waals surface area contributed by atoms with Crippen LogP contribution >= 0.6 is 0 Å². The molecule has 7 heteroatoms. The van der Waals surface area contributed by atoms with Crippen LogP contribution in [-0.2, 0) is 0 Å². The van der Waals surface area contributed by atoms with Gasteiger partial charge in [0.15, 0.2) is 5.82 Å². The summed E-state index contributed by atoms with van der Waals surface area (Å²) in [6.07, 6.45) is 0. The summed E-state index contributed by atoms with van der Waals surface area (Å²) >= 11 is 0. The van der Waals surface area contributed by atoms with Crippen LogP contribution < -0.4 is 10.1 Å². The maximum Gasteiger partial charge on any atom is 0.255 e. The van der Waals surface area contributed by atoms with Gasteiger partial charge in [-0.15, -0.1) is 10.2 Å². The van der Waals surface area contributed by atoms with E-state index < -0.39 is 0 Å². The second kappa shape index (κ2) is 8.63. The Morgan fingerprint density at radius 3 is 2.28 bits per heavy atom. The Hall–Kier alpha value is -4.00. The van der Waals surface area contributed by atoms with Crippen molar-refractivity contribution < 1.29 is 9.53 Å². The zero-order valence-corrected chi connectivity index (χ0v) is 18.8. The van der Waals surface area contributed by atoms with E-state index in [2.05, 4.69) is 20.6 Å². The first-order valence-electron chi connectivity index (χ1n) is 10.4. The molecule has 0 saturated carbocycles. The second-order valence-electron chi connectivity index (χ2n) is 7.84. The lowest BCUT2D eigenvalue weighted by Crippen LogP contribution is -2.13. The van der Waals surface area contributed by atoms with Gasteiger partial charge in [0.1, 0.15) is 5.75 Å². The molecule has 4 rings (SSSR count). The first-order valence-corrected chi connectivity index (χ1v) is 10.4. The molecule has 0 aliphatic carbocycles. The van der Waals surface area contributed by atoms with Crippen LogP contribution in [0.15, 0.2) is 54.6 Å². The number of anilines is 1. The first kappa shape index (κ1) is 21.2. The number of aryl methyl sites for hydroxylation is 3. The maximum absolute atomic E-state index is 12.6. The highest BCUT2D eigenvalue weighted by Gasteiger charge is 2.12. The summed E-state index contributed by atoms with van der Waals surface area (Å²) in [5.74, 6) is 1.47. The zero-order valence-electron chi connectivity index (χ0n) is 18.8. The fraction of sp³-hybridized carbons (Fsp3) is 0.200. The van der Waals surface area contributed by atoms with Gasteiger partial charge in [-0.1, -0.05) is 17.7 Å². The number of carbonyl (C=O) groups is 1. The van der Waals surface area contributed by atoms with E-state index in [9.17, 15) is 4.79 Å². The molecule has 0 aliphatic heterocycles. The molecule has 2 aromatic heterocycles. The minimum atomic E-state index is -0.138. The molecule has 0 aliphatic rings. The third-order valence-corrected chi connectivity index (χ3v) is 5.47. The number of nitrogens with zero attached hydrogens (tertiary/aromatic N) is 4. The molecule has 0 atom stereocenters. The smallest absolute Gasteiger partial charge is 0.255 e. The maximum atomic E-state index is 12.6. The SMILES string of the molecule is Cc1ccc(C)c(C(=O)Nc2ccc(Oc3ccc(-n4nc(C)c(C)c4C)nn3)cc2)c1. The Kier molecular flexibility index (Phi) is 5.73. The van der Waals surface area contributed by atoms with Crippen LogP contribution in [0, 0.1) is 34.6 Å². The van der Waals surface area contributed by atoms with Gasteiger partial charge >= 0.3 is 0 Å². The highest BCUT2D eigenvalue weighted by molar-refractivity contribution is 6.05. The number of hydrogen-bond donors (Lipinski definition) is 1. The van der Waals surface area contributed by atoms with Crippen molar-refractivity contribution in [2.75, 3.05) is 5.32 Å². The Bertz CT molecular complexity index is 1280. The predicted octanol–water partition coefficient (Wildman–Crippen LogP) is 5.25. The number of hydrogen-bond acceptors (Lipinski definition) is 5. The summed E-state index contributed by atoms with van der Waals surface area (Å²) in [4.78, 5) is 12.6. The predicted molar refractivity (Wildman–Crippen MR) is 124 cm³/mol. The van der Waals surface area contributed by atoms with Crippen LogP contribution in [0.25, 0.3) is 5.82 Å². The van der Waals surface area contributed by atoms with E-state index in [0.29, 0.717) is 28.7 Å². The lowest BCUT2D eigenvalue weighted by atomic mass is 10.1. The number of nitrogens with one attached hydrogen (secondary N) is 1. The molecule has 2 aromatic carbocycles. The summed E-state index contributed by atoms with van der Waals surface area (Å²) in [5.41, 5.74) is 6.47. The molecular weight excluding hydrogens is 402 g/mol. The van der Waals surface area contributed by atoms with E-state index in [0.717, 1.165) is 28.1 Å². The molecule has 7 nitrogen and oxygen atoms in total. The molecule has 32 heavy (non-hydrogen) atoms. The van der Waals surface area contributed by atoms with Crippen molar-refractivity contribution in [2.45, 2.75) is 34.6 Å². The van der Waals surface area contributed by atoms with Gasteiger partial charge in [0.2, 0.25) is 5.88 Å². The number of amides is 1. The van der Waals surface area contributed by atoms with Gasteiger partial charge in [-0.2, -0.15) is 5.10 Å². The van der Waals surface area contributed by atoms with E-state index in [4.69, 9.17) is 4.74 Å². The highest BCUT2D eigenvalue weighted by Crippen LogP contribution is 2.23. The zero-order chi connectivity index (χ0) is 22.8. The van der Waals surface area contributed by atoms with Crippen LogP contribution in [0.3, 0.4) is 0 Å². The molecule has 0 spiro atoms. The fourth-order valence-electron chi connectivity index (χ4n) is 3.33. The third kappa shape index (κ3) is 4.37. The van der Waals surface area contributed by atoms with Gasteiger partial charge < -0.3 is 10.1 Å². The third-order valence-electron chi connectivity index (χ3n) is 5.47. The molecular formula is C25H25N5O2. The average Bonchev–Trinajstić information content (AvgIpc) is 3.04. The van der Waals surface area contributed by atoms with Crippen molar-refractivity contribution in [3.8, 4) is 17.4 Å². The van der Waals surface area contributed by atoms with Gasteiger partial charge in [-0.25, -0.2) is 4.68 Å². The molecule has 2 heterocycles. The number of carbonyl (C=O) groups excluding carboxylic acids is 1. The number of benzene rings is 2. The fourth-order valence-corrected chi connectivity index (χ4v) is 3.33. The Labute approximate surface area is 187 Å². The van der Waals surface area contributed by atoms with Crippen LogP contribution in [0.1, 0.15) is 38.4 Å². The molecule has 162 valence electrons. The van der Waals surface area contributed by atoms with Crippen LogP contribution in [0.5, 0.6) is 11.6 Å². The molecule has 0 bridgehead atoms. The monoisotopic (exact) mass is 427 g/mol. The van der Waals surface area contributed by atoms with Crippen molar-refractivity contribution in [1.29, 1.82) is 0 Å². The van der Waals surface area contributed by atoms with E-state index >= 15 is 0 Å². The van der Waals surface area contributed by atoms with Gasteiger partial charge in [-0.05, 0) is 82.1 Å². The standard InChI is InChI=1S/C25H25N5O2/c1-15-6-7-16(2)22(14-15)25(31)26-20-8-10-21(11-9-20)32-24-13-12-23(27-28-24)30-19(5)17(3)18(4)29-30/h6-14H,1-5H3,(H,26,31). The number of aromatic nitrogens is 4. The largest absolute Gasteiger partial charge is 0.438 e. The molecule has 0 fully saturated rings. The lowest BCUT2D eigenvalue weighted by Gasteiger charge is -2.10. The highest BCUT2D eigenvalue weighted by atomic mass is 16.5. The molecule has 0 unspecified atom stereocenters. The van der Waals surface area contributed by atoms with E-state index in [1.807, 2.05) is 58.9 Å². The molecule has 4 aromatic rings. The van der Waals surface area contributed by atoms with Crippen molar-refractivity contribution >= 4 is 11.6 Å². The number of ether oxygens (including phenoxy) is 1. The Morgan fingerprint density at radius 1 is 0.906 bits per heavy atom. The molecule has 0 radical (unpaired) electrons. The Morgan fingerprint density at radius 2 is 1.66 bits per heavy atom. The van der Waals surface area contributed by atoms with E-state index in [1.165, 1.54) is 0 Å². The molecule has 0 saturated heterocycles. The van der Waals surface area contributed by atoms with Crippen LogP contribution in [0.2, 0.25) is 0 Å². The van der Waals surface area contributed by atoms with Gasteiger partial charge in [-0.3, -0.25) is 4.79 Å². The quantitative estimate of drug-likeness (QED) is 0.470. The minimum absolute atomic E-state index is 0.138. The summed E-state index contributed by atoms with van der Waals surface area (Å²) in [7, 11) is 0. The summed E-state index contributed by atoms with van der Waals surface area (Å²) in [5, 5.41) is 15.8. The minimum Gasteiger partial charge on any atom is -0.438 e. The van der Waals surface area contributed by atoms with Crippen molar-refractivity contribution in [3.63, 3.8) is 0 Å². The topological polar surface area (TPSA) is 81.9 Å². The van der Waals surface area contributed by atoms with Crippen LogP contribution in [0.4, 0.5) is 5.69 Å². The summed E-state index contributed by atoms with van der Waals surface area (Å²) in [6, 6.07) is 16.5. The average molecular weight is 428 g/mol. The Balaban J connectivity index is 1.43. The van der Waals surface area contributed by atoms with E-state index in [1.54, 1.807) is 35.0 Å². The van der Waals surface area contributed by atoms with Crippen molar-refractivity contribution in [3.05, 3.63) is 88.2 Å². The normalized spacial score (nSPS) is 10.8. The molecule has 1 N–H and O–H groups in total. The summed E-state index contributed by atoms with van der Waals surface area (Å²) in [6.45, 7) is 9.90. The van der Waals surface area contributed by atoms with Crippen molar-refractivity contribution in [2.24, 2.45) is 0 Å². The van der Waals surface area contributed by atoms with Gasteiger partial charge in [0.05, 0.1) is 5.69 Å². The lowest BCUT2D eigenvalue weighted by molar-refractivity contribution is 0.102. The molecule has 1 amide bonds. The van der Waals surface area contributed by atoms with Gasteiger partial charge in [0, 0.05) is 23.0 Å². The first-order chi connectivity index (χ1) is 15.3. The van der Waals surface area contributed by atoms with Crippen LogP contribution in [-0.4, -0.2) is 25.9 Å². The number of rotatable bonds is 5. The van der Waals surface area contributed by atoms with Gasteiger partial charge in [0.25, 0.3) is 5.91 Å². The summed E-state index contributed by atoms with van der Waals surface area (Å²) < 4.78 is 7.56. The van der Waals surface area contributed by atoms with Crippen molar-refractivity contribution in [1.82, 2.24) is 20.0 Å². The second-order valence-corrected chi connectivity index (χ2v) is 7.84.